The minimum Gasteiger partial charge on any atom is -0.351 e. The maximum absolute atomic E-state index is 12.4. The highest BCUT2D eigenvalue weighted by Gasteiger charge is 2.07. The summed E-state index contributed by atoms with van der Waals surface area (Å²) in [6.45, 7) is 5.38. The second kappa shape index (κ2) is 9.64. The Balaban J connectivity index is 1.48. The molecule has 0 unspecified atom stereocenters. The minimum absolute atomic E-state index is 0.0448. The van der Waals surface area contributed by atoms with Gasteiger partial charge in [0.15, 0.2) is 0 Å². The molecule has 3 rings (SSSR count). The number of fused-ring (bicyclic) bond motifs is 1. The zero-order valence-electron chi connectivity index (χ0n) is 15.6. The Morgan fingerprint density at radius 3 is 2.78 bits per heavy atom. The molecule has 4 heteroatoms. The van der Waals surface area contributed by atoms with E-state index in [1.165, 1.54) is 5.56 Å². The highest BCUT2D eigenvalue weighted by atomic mass is 16.1. The number of amides is 1. The molecule has 1 amide bonds. The molecule has 0 atom stereocenters. The van der Waals surface area contributed by atoms with Crippen LogP contribution < -0.4 is 5.32 Å². The fourth-order valence-electron chi connectivity index (χ4n) is 2.93. The van der Waals surface area contributed by atoms with E-state index in [9.17, 15) is 4.79 Å². The minimum atomic E-state index is -0.0448. The van der Waals surface area contributed by atoms with Crippen LogP contribution in [0.1, 0.15) is 22.8 Å². The zero-order valence-corrected chi connectivity index (χ0v) is 15.6. The van der Waals surface area contributed by atoms with Gasteiger partial charge in [-0.15, -0.1) is 0 Å². The predicted molar refractivity (Wildman–Crippen MR) is 112 cm³/mol. The molecular weight excluding hydrogens is 334 g/mol. The number of benzene rings is 2. The first-order valence-electron chi connectivity index (χ1n) is 9.33. The second-order valence-corrected chi connectivity index (χ2v) is 6.37. The molecule has 2 aromatic carbocycles. The Morgan fingerprint density at radius 1 is 1.11 bits per heavy atom. The second-order valence-electron chi connectivity index (χ2n) is 6.37. The fraction of sp³-hybridized carbons (Fsp3) is 0.217. The number of carbonyl (C=O) groups is 1. The molecule has 0 fully saturated rings. The Bertz CT molecular complexity index is 906. The van der Waals surface area contributed by atoms with Crippen molar-refractivity contribution in [1.29, 1.82) is 0 Å². The van der Waals surface area contributed by atoms with Crippen molar-refractivity contribution in [3.05, 3.63) is 84.1 Å². The fourth-order valence-corrected chi connectivity index (χ4v) is 2.93. The monoisotopic (exact) mass is 359 g/mol. The van der Waals surface area contributed by atoms with Gasteiger partial charge in [-0.2, -0.15) is 0 Å². The van der Waals surface area contributed by atoms with E-state index >= 15 is 0 Å². The van der Waals surface area contributed by atoms with Crippen LogP contribution in [0.15, 0.2) is 72.9 Å². The molecule has 138 valence electrons. The summed E-state index contributed by atoms with van der Waals surface area (Å²) in [6, 6.07) is 19.7. The molecule has 0 aliphatic carbocycles. The number of nitrogens with zero attached hydrogens (tertiary/aromatic N) is 2. The SMILES string of the molecule is CCN(C/C=C/c1ccccc1)CCNC(=O)c1ccc2ncccc2c1. The number of pyridine rings is 1. The number of carbonyl (C=O) groups excluding carboxylic acids is 1. The lowest BCUT2D eigenvalue weighted by Crippen LogP contribution is -2.35. The molecule has 1 heterocycles. The van der Waals surface area contributed by atoms with E-state index in [2.05, 4.69) is 46.4 Å². The molecule has 1 N–H and O–H groups in total. The molecule has 4 nitrogen and oxygen atoms in total. The van der Waals surface area contributed by atoms with Crippen LogP contribution >= 0.6 is 0 Å². The molecule has 3 aromatic rings. The summed E-state index contributed by atoms with van der Waals surface area (Å²) >= 11 is 0. The lowest BCUT2D eigenvalue weighted by molar-refractivity contribution is 0.0949. The molecule has 0 saturated heterocycles. The van der Waals surface area contributed by atoms with Crippen LogP contribution in [0.4, 0.5) is 0 Å². The standard InChI is InChI=1S/C23H25N3O/c1-2-26(16-7-10-19-8-4-3-5-9-19)17-15-25-23(27)21-12-13-22-20(18-21)11-6-14-24-22/h3-14,18H,2,15-17H2,1H3,(H,25,27)/b10-7+. The van der Waals surface area contributed by atoms with Crippen LogP contribution in [-0.2, 0) is 0 Å². The van der Waals surface area contributed by atoms with Crippen molar-refractivity contribution in [2.45, 2.75) is 6.92 Å². The van der Waals surface area contributed by atoms with E-state index in [0.29, 0.717) is 12.1 Å². The van der Waals surface area contributed by atoms with Gasteiger partial charge in [-0.3, -0.25) is 14.7 Å². The van der Waals surface area contributed by atoms with Crippen LogP contribution in [0.25, 0.3) is 17.0 Å². The quantitative estimate of drug-likeness (QED) is 0.661. The molecule has 1 aromatic heterocycles. The topological polar surface area (TPSA) is 45.2 Å². The molecule has 0 spiro atoms. The van der Waals surface area contributed by atoms with E-state index in [1.54, 1.807) is 6.20 Å². The number of rotatable bonds is 8. The lowest BCUT2D eigenvalue weighted by atomic mass is 10.1. The van der Waals surface area contributed by atoms with Gasteiger partial charge in [-0.25, -0.2) is 0 Å². The summed E-state index contributed by atoms with van der Waals surface area (Å²) in [5.41, 5.74) is 2.77. The first kappa shape index (κ1) is 18.8. The smallest absolute Gasteiger partial charge is 0.251 e. The van der Waals surface area contributed by atoms with Crippen LogP contribution in [0.5, 0.6) is 0 Å². The summed E-state index contributed by atoms with van der Waals surface area (Å²) in [6.07, 6.45) is 6.05. The maximum Gasteiger partial charge on any atom is 0.251 e. The summed E-state index contributed by atoms with van der Waals surface area (Å²) < 4.78 is 0. The summed E-state index contributed by atoms with van der Waals surface area (Å²) in [5, 5.41) is 3.99. The van der Waals surface area contributed by atoms with Crippen LogP contribution in [0, 0.1) is 0 Å². The van der Waals surface area contributed by atoms with Gasteiger partial charge in [-0.1, -0.05) is 55.5 Å². The molecule has 0 saturated carbocycles. The molecule has 0 radical (unpaired) electrons. The van der Waals surface area contributed by atoms with Gasteiger partial charge in [-0.05, 0) is 36.4 Å². The average molecular weight is 359 g/mol. The third kappa shape index (κ3) is 5.50. The van der Waals surface area contributed by atoms with Crippen molar-refractivity contribution < 1.29 is 4.79 Å². The van der Waals surface area contributed by atoms with Crippen molar-refractivity contribution in [3.8, 4) is 0 Å². The maximum atomic E-state index is 12.4. The van der Waals surface area contributed by atoms with E-state index in [4.69, 9.17) is 0 Å². The number of nitrogens with one attached hydrogen (secondary N) is 1. The number of hydrogen-bond donors (Lipinski definition) is 1. The largest absolute Gasteiger partial charge is 0.351 e. The van der Waals surface area contributed by atoms with Crippen LogP contribution in [0.3, 0.4) is 0 Å². The molecule has 0 bridgehead atoms. The molecule has 0 aliphatic heterocycles. The third-order valence-electron chi connectivity index (χ3n) is 4.50. The molecular formula is C23H25N3O. The van der Waals surface area contributed by atoms with E-state index in [1.807, 2.05) is 48.5 Å². The van der Waals surface area contributed by atoms with E-state index in [0.717, 1.165) is 30.5 Å². The van der Waals surface area contributed by atoms with Gasteiger partial charge in [0.25, 0.3) is 5.91 Å². The lowest BCUT2D eigenvalue weighted by Gasteiger charge is -2.18. The number of likely N-dealkylation sites (N-methyl/N-ethyl adjacent to an activating group) is 1. The van der Waals surface area contributed by atoms with Gasteiger partial charge in [0.1, 0.15) is 0 Å². The average Bonchev–Trinajstić information content (AvgIpc) is 2.73. The van der Waals surface area contributed by atoms with Crippen LogP contribution in [-0.4, -0.2) is 42.0 Å². The van der Waals surface area contributed by atoms with Crippen molar-refractivity contribution in [2.24, 2.45) is 0 Å². The summed E-state index contributed by atoms with van der Waals surface area (Å²) in [5.74, 6) is -0.0448. The summed E-state index contributed by atoms with van der Waals surface area (Å²) in [7, 11) is 0. The molecule has 0 aliphatic rings. The normalized spacial score (nSPS) is 11.3. The zero-order chi connectivity index (χ0) is 18.9. The Hall–Kier alpha value is -2.98. The summed E-state index contributed by atoms with van der Waals surface area (Å²) in [4.78, 5) is 19.0. The van der Waals surface area contributed by atoms with E-state index < -0.39 is 0 Å². The molecule has 27 heavy (non-hydrogen) atoms. The van der Waals surface area contributed by atoms with Crippen molar-refractivity contribution in [3.63, 3.8) is 0 Å². The Labute approximate surface area is 160 Å². The number of aromatic nitrogens is 1. The van der Waals surface area contributed by atoms with Crippen molar-refractivity contribution in [2.75, 3.05) is 26.2 Å². The third-order valence-corrected chi connectivity index (χ3v) is 4.50. The van der Waals surface area contributed by atoms with E-state index in [-0.39, 0.29) is 5.91 Å². The first-order valence-corrected chi connectivity index (χ1v) is 9.33. The Morgan fingerprint density at radius 2 is 1.96 bits per heavy atom. The van der Waals surface area contributed by atoms with Gasteiger partial charge in [0.2, 0.25) is 0 Å². The van der Waals surface area contributed by atoms with Gasteiger partial charge in [0.05, 0.1) is 5.52 Å². The predicted octanol–water partition coefficient (Wildman–Crippen LogP) is 4.00. The van der Waals surface area contributed by atoms with Crippen LogP contribution in [0.2, 0.25) is 0 Å². The Kier molecular flexibility index (Phi) is 6.72. The number of hydrogen-bond acceptors (Lipinski definition) is 3. The highest BCUT2D eigenvalue weighted by molar-refractivity contribution is 5.97. The first-order chi connectivity index (χ1) is 13.3. The highest BCUT2D eigenvalue weighted by Crippen LogP contribution is 2.13. The van der Waals surface area contributed by atoms with Crippen molar-refractivity contribution in [1.82, 2.24) is 15.2 Å². The van der Waals surface area contributed by atoms with Gasteiger partial charge >= 0.3 is 0 Å². The van der Waals surface area contributed by atoms with Crippen molar-refractivity contribution >= 4 is 22.9 Å². The van der Waals surface area contributed by atoms with Gasteiger partial charge < -0.3 is 5.32 Å². The van der Waals surface area contributed by atoms with Gasteiger partial charge in [0, 0.05) is 36.8 Å².